The first-order valence-electron chi connectivity index (χ1n) is 6.01. The average molecular weight is 203 g/mol. The Kier molecular flexibility index (Phi) is 2.72. The molecule has 0 saturated carbocycles. The Hall–Kier alpha value is -0.980. The van der Waals surface area contributed by atoms with E-state index < -0.39 is 0 Å². The van der Waals surface area contributed by atoms with Crippen LogP contribution in [0.1, 0.15) is 44.7 Å². The second kappa shape index (κ2) is 3.88. The molecular formula is C14H21N. The molecule has 1 nitrogen and oxygen atoms in total. The standard InChI is InChI=1S/C14H21N/c1-4-9-14(2,3)12-6-5-7-13-11(12)8-10-15-13/h5-7,15H,4,8-10H2,1-3H3. The fraction of sp³-hybridized carbons (Fsp3) is 0.571. The van der Waals surface area contributed by atoms with Crippen LogP contribution in [0.15, 0.2) is 18.2 Å². The minimum Gasteiger partial charge on any atom is -0.384 e. The number of anilines is 1. The normalized spacial score (nSPS) is 14.9. The number of nitrogens with one attached hydrogen (secondary N) is 1. The van der Waals surface area contributed by atoms with Crippen LogP contribution in [0.5, 0.6) is 0 Å². The van der Waals surface area contributed by atoms with Crippen molar-refractivity contribution in [3.63, 3.8) is 0 Å². The lowest BCUT2D eigenvalue weighted by Gasteiger charge is -2.27. The minimum absolute atomic E-state index is 0.326. The third-order valence-corrected chi connectivity index (χ3v) is 3.47. The van der Waals surface area contributed by atoms with Gasteiger partial charge in [-0.25, -0.2) is 0 Å². The van der Waals surface area contributed by atoms with Gasteiger partial charge in [-0.1, -0.05) is 39.3 Å². The van der Waals surface area contributed by atoms with E-state index in [1.807, 2.05) is 0 Å². The molecule has 1 aliphatic rings. The summed E-state index contributed by atoms with van der Waals surface area (Å²) in [6.45, 7) is 8.10. The lowest BCUT2D eigenvalue weighted by molar-refractivity contribution is 0.470. The maximum absolute atomic E-state index is 3.45. The maximum Gasteiger partial charge on any atom is 0.0376 e. The van der Waals surface area contributed by atoms with Crippen molar-refractivity contribution in [3.05, 3.63) is 29.3 Å². The molecule has 0 aliphatic carbocycles. The molecule has 1 heterocycles. The van der Waals surface area contributed by atoms with Gasteiger partial charge in [-0.2, -0.15) is 0 Å². The Balaban J connectivity index is 2.40. The minimum atomic E-state index is 0.326. The fourth-order valence-electron chi connectivity index (χ4n) is 2.74. The van der Waals surface area contributed by atoms with E-state index in [0.717, 1.165) is 6.54 Å². The van der Waals surface area contributed by atoms with Crippen molar-refractivity contribution in [2.45, 2.75) is 45.4 Å². The van der Waals surface area contributed by atoms with Crippen LogP contribution in [0.25, 0.3) is 0 Å². The number of fused-ring (bicyclic) bond motifs is 1. The van der Waals surface area contributed by atoms with Crippen molar-refractivity contribution in [2.24, 2.45) is 0 Å². The van der Waals surface area contributed by atoms with Gasteiger partial charge in [0.25, 0.3) is 0 Å². The Labute approximate surface area is 92.9 Å². The summed E-state index contributed by atoms with van der Waals surface area (Å²) in [5.41, 5.74) is 4.78. The Morgan fingerprint density at radius 1 is 1.33 bits per heavy atom. The molecule has 1 aromatic rings. The molecule has 1 heteroatoms. The first-order valence-corrected chi connectivity index (χ1v) is 6.01. The molecule has 0 fully saturated rings. The lowest BCUT2D eigenvalue weighted by atomic mass is 9.78. The van der Waals surface area contributed by atoms with Crippen LogP contribution in [-0.4, -0.2) is 6.54 Å². The topological polar surface area (TPSA) is 12.0 Å². The predicted octanol–water partition coefficient (Wildman–Crippen LogP) is 3.73. The molecule has 0 radical (unpaired) electrons. The van der Waals surface area contributed by atoms with Crippen LogP contribution in [0, 0.1) is 0 Å². The maximum atomic E-state index is 3.45. The van der Waals surface area contributed by atoms with Gasteiger partial charge in [0.15, 0.2) is 0 Å². The van der Waals surface area contributed by atoms with Crippen LogP contribution in [0.3, 0.4) is 0 Å². The molecule has 0 amide bonds. The van der Waals surface area contributed by atoms with Crippen LogP contribution in [-0.2, 0) is 11.8 Å². The third-order valence-electron chi connectivity index (χ3n) is 3.47. The largest absolute Gasteiger partial charge is 0.384 e. The van der Waals surface area contributed by atoms with E-state index in [1.165, 1.54) is 24.9 Å². The van der Waals surface area contributed by atoms with Gasteiger partial charge in [0.05, 0.1) is 0 Å². The predicted molar refractivity (Wildman–Crippen MR) is 66.6 cm³/mol. The van der Waals surface area contributed by atoms with Crippen molar-refractivity contribution in [1.82, 2.24) is 0 Å². The highest BCUT2D eigenvalue weighted by Gasteiger charge is 2.25. The van der Waals surface area contributed by atoms with Crippen LogP contribution in [0.2, 0.25) is 0 Å². The summed E-state index contributed by atoms with van der Waals surface area (Å²) in [6, 6.07) is 6.69. The second-order valence-corrected chi connectivity index (χ2v) is 5.14. The molecule has 1 aromatic carbocycles. The highest BCUT2D eigenvalue weighted by Crippen LogP contribution is 2.36. The molecule has 0 spiro atoms. The van der Waals surface area contributed by atoms with E-state index in [4.69, 9.17) is 0 Å². The zero-order chi connectivity index (χ0) is 10.9. The van der Waals surface area contributed by atoms with Gasteiger partial charge in [0, 0.05) is 12.2 Å². The average Bonchev–Trinajstić information content (AvgIpc) is 2.64. The fourth-order valence-corrected chi connectivity index (χ4v) is 2.74. The number of hydrogen-bond acceptors (Lipinski definition) is 1. The molecule has 1 N–H and O–H groups in total. The van der Waals surface area contributed by atoms with Crippen molar-refractivity contribution < 1.29 is 0 Å². The summed E-state index contributed by atoms with van der Waals surface area (Å²) >= 11 is 0. The molecular weight excluding hydrogens is 182 g/mol. The summed E-state index contributed by atoms with van der Waals surface area (Å²) in [4.78, 5) is 0. The zero-order valence-electron chi connectivity index (χ0n) is 10.1. The summed E-state index contributed by atoms with van der Waals surface area (Å²) in [5.74, 6) is 0. The first-order chi connectivity index (χ1) is 7.15. The summed E-state index contributed by atoms with van der Waals surface area (Å²) in [6.07, 6.45) is 3.71. The van der Waals surface area contributed by atoms with Gasteiger partial charge in [0.1, 0.15) is 0 Å². The van der Waals surface area contributed by atoms with E-state index in [1.54, 1.807) is 11.1 Å². The first kappa shape index (κ1) is 10.5. The van der Waals surface area contributed by atoms with Gasteiger partial charge in [0.2, 0.25) is 0 Å². The van der Waals surface area contributed by atoms with E-state index in [-0.39, 0.29) is 0 Å². The van der Waals surface area contributed by atoms with E-state index in [9.17, 15) is 0 Å². The molecule has 0 bridgehead atoms. The highest BCUT2D eigenvalue weighted by molar-refractivity contribution is 5.60. The second-order valence-electron chi connectivity index (χ2n) is 5.14. The lowest BCUT2D eigenvalue weighted by Crippen LogP contribution is -2.18. The molecule has 0 unspecified atom stereocenters. The van der Waals surface area contributed by atoms with Crippen molar-refractivity contribution >= 4 is 5.69 Å². The summed E-state index contributed by atoms with van der Waals surface area (Å²) in [7, 11) is 0. The smallest absolute Gasteiger partial charge is 0.0376 e. The van der Waals surface area contributed by atoms with Gasteiger partial charge < -0.3 is 5.32 Å². The summed E-state index contributed by atoms with van der Waals surface area (Å²) in [5, 5.41) is 3.45. The van der Waals surface area contributed by atoms with E-state index >= 15 is 0 Å². The molecule has 1 aliphatic heterocycles. The molecule has 15 heavy (non-hydrogen) atoms. The van der Waals surface area contributed by atoms with Crippen LogP contribution >= 0.6 is 0 Å². The molecule has 0 saturated heterocycles. The zero-order valence-corrected chi connectivity index (χ0v) is 10.1. The molecule has 82 valence electrons. The van der Waals surface area contributed by atoms with Crippen molar-refractivity contribution in [3.8, 4) is 0 Å². The monoisotopic (exact) mass is 203 g/mol. The van der Waals surface area contributed by atoms with Gasteiger partial charge in [-0.05, 0) is 35.4 Å². The Morgan fingerprint density at radius 3 is 2.87 bits per heavy atom. The van der Waals surface area contributed by atoms with Gasteiger partial charge in [-0.15, -0.1) is 0 Å². The number of benzene rings is 1. The highest BCUT2D eigenvalue weighted by atomic mass is 14.9. The Bertz CT molecular complexity index is 352. The number of hydrogen-bond donors (Lipinski definition) is 1. The third kappa shape index (κ3) is 1.88. The Morgan fingerprint density at radius 2 is 2.13 bits per heavy atom. The molecule has 0 atom stereocenters. The summed E-state index contributed by atoms with van der Waals surface area (Å²) < 4.78 is 0. The molecule has 0 aromatic heterocycles. The quantitative estimate of drug-likeness (QED) is 0.789. The van der Waals surface area contributed by atoms with Crippen LogP contribution in [0.4, 0.5) is 5.69 Å². The molecule has 2 rings (SSSR count). The van der Waals surface area contributed by atoms with Gasteiger partial charge in [-0.3, -0.25) is 0 Å². The van der Waals surface area contributed by atoms with Gasteiger partial charge >= 0.3 is 0 Å². The van der Waals surface area contributed by atoms with Crippen molar-refractivity contribution in [1.29, 1.82) is 0 Å². The SMILES string of the molecule is CCCC(C)(C)c1cccc2c1CCN2. The van der Waals surface area contributed by atoms with Crippen LogP contribution < -0.4 is 5.32 Å². The van der Waals surface area contributed by atoms with Crippen molar-refractivity contribution in [2.75, 3.05) is 11.9 Å². The number of rotatable bonds is 3. The van der Waals surface area contributed by atoms with E-state index in [0.29, 0.717) is 5.41 Å². The van der Waals surface area contributed by atoms with E-state index in [2.05, 4.69) is 44.3 Å².